The van der Waals surface area contributed by atoms with Crippen molar-refractivity contribution < 1.29 is 4.79 Å². The molecule has 30 heavy (non-hydrogen) atoms. The number of aromatic nitrogens is 4. The number of benzene rings is 1. The van der Waals surface area contributed by atoms with Crippen molar-refractivity contribution in [2.45, 2.75) is 31.6 Å². The van der Waals surface area contributed by atoms with Gasteiger partial charge in [-0.15, -0.1) is 0 Å². The quantitative estimate of drug-likeness (QED) is 0.549. The fourth-order valence-corrected chi connectivity index (χ4v) is 4.39. The van der Waals surface area contributed by atoms with E-state index in [0.29, 0.717) is 35.5 Å². The lowest BCUT2D eigenvalue weighted by Gasteiger charge is -2.32. The summed E-state index contributed by atoms with van der Waals surface area (Å²) in [6, 6.07) is 11.3. The van der Waals surface area contributed by atoms with Crippen LogP contribution in [0.25, 0.3) is 21.9 Å². The van der Waals surface area contributed by atoms with Crippen molar-refractivity contribution in [2.75, 3.05) is 13.1 Å². The number of hydrogen-bond acceptors (Lipinski definition) is 4. The van der Waals surface area contributed by atoms with Gasteiger partial charge in [0.25, 0.3) is 5.56 Å². The first-order chi connectivity index (χ1) is 14.7. The van der Waals surface area contributed by atoms with Gasteiger partial charge >= 0.3 is 0 Å². The minimum absolute atomic E-state index is 0.116. The molecule has 1 amide bonds. The van der Waals surface area contributed by atoms with E-state index in [1.54, 1.807) is 12.3 Å². The van der Waals surface area contributed by atoms with Gasteiger partial charge in [-0.05, 0) is 48.6 Å². The molecule has 0 radical (unpaired) electrons. The lowest BCUT2D eigenvalue weighted by molar-refractivity contribution is -0.132. The van der Waals surface area contributed by atoms with E-state index >= 15 is 0 Å². The van der Waals surface area contributed by atoms with Crippen LogP contribution in [-0.4, -0.2) is 43.8 Å². The predicted molar refractivity (Wildman–Crippen MR) is 115 cm³/mol. The Labute approximate surface area is 173 Å². The van der Waals surface area contributed by atoms with Crippen molar-refractivity contribution in [2.24, 2.45) is 0 Å². The van der Waals surface area contributed by atoms with Gasteiger partial charge < -0.3 is 14.9 Å². The number of likely N-dealkylation sites (tertiary alicyclic amines) is 1. The number of piperidine rings is 1. The Morgan fingerprint density at radius 3 is 2.77 bits per heavy atom. The zero-order valence-electron chi connectivity index (χ0n) is 16.6. The van der Waals surface area contributed by atoms with Gasteiger partial charge in [-0.2, -0.15) is 0 Å². The number of nitrogens with zero attached hydrogens (tertiary/aromatic N) is 3. The van der Waals surface area contributed by atoms with Crippen LogP contribution in [0, 0.1) is 0 Å². The molecule has 5 rings (SSSR count). The van der Waals surface area contributed by atoms with Gasteiger partial charge in [-0.25, -0.2) is 9.97 Å². The Morgan fingerprint density at radius 1 is 1.10 bits per heavy atom. The molecule has 2 N–H and O–H groups in total. The van der Waals surface area contributed by atoms with E-state index in [2.05, 4.69) is 32.2 Å². The van der Waals surface area contributed by atoms with E-state index in [1.807, 2.05) is 29.2 Å². The van der Waals surface area contributed by atoms with Crippen molar-refractivity contribution in [3.63, 3.8) is 0 Å². The second-order valence-corrected chi connectivity index (χ2v) is 7.83. The topological polar surface area (TPSA) is 94.7 Å². The first-order valence-electron chi connectivity index (χ1n) is 10.4. The molecule has 4 heterocycles. The van der Waals surface area contributed by atoms with E-state index in [4.69, 9.17) is 0 Å². The predicted octanol–water partition coefficient (Wildman–Crippen LogP) is 3.14. The third-order valence-electron chi connectivity index (χ3n) is 6.01. The molecule has 3 aromatic heterocycles. The maximum absolute atomic E-state index is 12.7. The Balaban J connectivity index is 1.21. The number of nitrogens with one attached hydrogen (secondary N) is 2. The number of amides is 1. The second kappa shape index (κ2) is 7.74. The Morgan fingerprint density at radius 2 is 1.90 bits per heavy atom. The fraction of sp³-hybridized carbons (Fsp3) is 0.304. The van der Waals surface area contributed by atoms with Crippen molar-refractivity contribution in [3.05, 3.63) is 70.5 Å². The molecule has 1 saturated heterocycles. The van der Waals surface area contributed by atoms with Crippen LogP contribution in [0.5, 0.6) is 0 Å². The summed E-state index contributed by atoms with van der Waals surface area (Å²) in [5.74, 6) is 1.11. The zero-order valence-corrected chi connectivity index (χ0v) is 16.6. The van der Waals surface area contributed by atoms with E-state index in [9.17, 15) is 9.59 Å². The molecule has 1 aliphatic rings. The first-order valence-corrected chi connectivity index (χ1v) is 10.4. The smallest absolute Gasteiger partial charge is 0.258 e. The average Bonchev–Trinajstić information content (AvgIpc) is 3.22. The molecular weight excluding hydrogens is 378 g/mol. The number of aromatic amines is 2. The number of para-hydroxylation sites is 1. The Kier molecular flexibility index (Phi) is 4.78. The summed E-state index contributed by atoms with van der Waals surface area (Å²) in [5.41, 5.74) is 2.72. The third kappa shape index (κ3) is 3.47. The largest absolute Gasteiger partial charge is 0.346 e. The fourth-order valence-electron chi connectivity index (χ4n) is 4.39. The highest BCUT2D eigenvalue weighted by Gasteiger charge is 2.25. The zero-order chi connectivity index (χ0) is 20.5. The number of H-pyrrole nitrogens is 2. The molecule has 0 bridgehead atoms. The Hall–Kier alpha value is -3.48. The van der Waals surface area contributed by atoms with Gasteiger partial charge in [0.2, 0.25) is 5.91 Å². The summed E-state index contributed by atoms with van der Waals surface area (Å²) >= 11 is 0. The lowest BCUT2D eigenvalue weighted by atomic mass is 9.89. The molecule has 152 valence electrons. The van der Waals surface area contributed by atoms with E-state index < -0.39 is 0 Å². The molecule has 7 heteroatoms. The maximum Gasteiger partial charge on any atom is 0.258 e. The van der Waals surface area contributed by atoms with Gasteiger partial charge in [0.1, 0.15) is 11.5 Å². The van der Waals surface area contributed by atoms with E-state index in [0.717, 1.165) is 31.6 Å². The molecule has 0 unspecified atom stereocenters. The van der Waals surface area contributed by atoms with E-state index in [-0.39, 0.29) is 11.5 Å². The molecular formula is C23H23N5O2. The monoisotopic (exact) mass is 401 g/mol. The van der Waals surface area contributed by atoms with Crippen LogP contribution in [0.2, 0.25) is 0 Å². The number of hydrogen-bond donors (Lipinski definition) is 2. The number of pyridine rings is 1. The summed E-state index contributed by atoms with van der Waals surface area (Å²) in [5, 5.41) is 1.75. The molecule has 7 nitrogen and oxygen atoms in total. The van der Waals surface area contributed by atoms with Crippen LogP contribution in [0.15, 0.2) is 53.6 Å². The van der Waals surface area contributed by atoms with Crippen molar-refractivity contribution in [3.8, 4) is 0 Å². The SMILES string of the molecule is O=C(CCc1nc2ccccc2c(=O)[nH]1)N1CCC(c2c[nH]c3ncccc23)CC1. The molecule has 4 aromatic rings. The van der Waals surface area contributed by atoms with Crippen LogP contribution in [-0.2, 0) is 11.2 Å². The second-order valence-electron chi connectivity index (χ2n) is 7.83. The summed E-state index contributed by atoms with van der Waals surface area (Å²) in [6.45, 7) is 1.50. The van der Waals surface area contributed by atoms with Gasteiger partial charge in [0.05, 0.1) is 10.9 Å². The number of fused-ring (bicyclic) bond motifs is 2. The Bertz CT molecular complexity index is 1270. The number of rotatable bonds is 4. The first kappa shape index (κ1) is 18.5. The molecule has 1 aromatic carbocycles. The van der Waals surface area contributed by atoms with Crippen LogP contribution in [0.1, 0.15) is 36.6 Å². The average molecular weight is 401 g/mol. The summed E-state index contributed by atoms with van der Waals surface area (Å²) in [6.07, 6.45) is 6.52. The lowest BCUT2D eigenvalue weighted by Crippen LogP contribution is -2.38. The molecule has 1 aliphatic heterocycles. The summed E-state index contributed by atoms with van der Waals surface area (Å²) in [4.78, 5) is 41.7. The van der Waals surface area contributed by atoms with Crippen LogP contribution >= 0.6 is 0 Å². The normalized spacial score (nSPS) is 15.1. The van der Waals surface area contributed by atoms with Crippen molar-refractivity contribution >= 4 is 27.8 Å². The highest BCUT2D eigenvalue weighted by atomic mass is 16.2. The maximum atomic E-state index is 12.7. The van der Waals surface area contributed by atoms with Gasteiger partial charge in [-0.1, -0.05) is 12.1 Å². The van der Waals surface area contributed by atoms with Crippen LogP contribution in [0.3, 0.4) is 0 Å². The van der Waals surface area contributed by atoms with Crippen LogP contribution in [0.4, 0.5) is 0 Å². The standard InChI is InChI=1S/C23H23N5O2/c29-21(8-7-20-26-19-6-2-1-4-17(19)23(30)27-20)28-12-9-15(10-13-28)18-14-25-22-16(18)5-3-11-24-22/h1-6,11,14-15H,7-10,12-13H2,(H,24,25)(H,26,27,30). The molecule has 0 atom stereocenters. The van der Waals surface area contributed by atoms with Crippen molar-refractivity contribution in [1.82, 2.24) is 24.8 Å². The van der Waals surface area contributed by atoms with Crippen molar-refractivity contribution in [1.29, 1.82) is 0 Å². The number of aryl methyl sites for hydroxylation is 1. The molecule has 1 fully saturated rings. The minimum Gasteiger partial charge on any atom is -0.346 e. The molecule has 0 spiro atoms. The minimum atomic E-state index is -0.155. The summed E-state index contributed by atoms with van der Waals surface area (Å²) < 4.78 is 0. The van der Waals surface area contributed by atoms with Gasteiger partial charge in [0, 0.05) is 43.7 Å². The number of carbonyl (C=O) groups excluding carboxylic acids is 1. The number of carbonyl (C=O) groups is 1. The van der Waals surface area contributed by atoms with Crippen LogP contribution < -0.4 is 5.56 Å². The molecule has 0 saturated carbocycles. The van der Waals surface area contributed by atoms with Gasteiger partial charge in [-0.3, -0.25) is 9.59 Å². The van der Waals surface area contributed by atoms with Gasteiger partial charge in [0.15, 0.2) is 0 Å². The highest BCUT2D eigenvalue weighted by molar-refractivity contribution is 5.80. The highest BCUT2D eigenvalue weighted by Crippen LogP contribution is 2.32. The molecule has 0 aliphatic carbocycles. The summed E-state index contributed by atoms with van der Waals surface area (Å²) in [7, 11) is 0. The van der Waals surface area contributed by atoms with E-state index in [1.165, 1.54) is 10.9 Å². The third-order valence-corrected chi connectivity index (χ3v) is 6.01.